The molecule has 4 heterocycles. The molecule has 5 aromatic rings. The SMILES string of the molecule is Cc1sc2c(c1C)C(c1ccc(Cl)cc1)=N[C@H](CC(=O)NNCNc1ccc(-c3c4ccc(=O)cc-4oc4cc(O)ccc34)c(C(=O)O)c1)c1nnc(C)n1-2. The van der Waals surface area contributed by atoms with Crippen molar-refractivity contribution in [3.63, 3.8) is 0 Å². The fraction of sp³-hybridized carbons (Fsp3) is 0.150. The molecule has 0 spiro atoms. The number of thiophene rings is 1. The number of phenolic OH excluding ortho intramolecular Hbond substituents is 1. The van der Waals surface area contributed by atoms with Crippen molar-refractivity contribution in [3.8, 4) is 33.2 Å². The Kier molecular flexibility index (Phi) is 9.17. The number of hydrogen-bond acceptors (Lipinski definition) is 11. The van der Waals surface area contributed by atoms with Gasteiger partial charge in [-0.15, -0.1) is 21.5 Å². The van der Waals surface area contributed by atoms with E-state index >= 15 is 0 Å². The van der Waals surface area contributed by atoms with E-state index in [2.05, 4.69) is 40.2 Å². The second-order valence-electron chi connectivity index (χ2n) is 13.1. The number of halogens is 1. The first-order valence-electron chi connectivity index (χ1n) is 17.2. The van der Waals surface area contributed by atoms with E-state index in [9.17, 15) is 24.6 Å². The van der Waals surface area contributed by atoms with E-state index in [1.807, 2.05) is 35.8 Å². The summed E-state index contributed by atoms with van der Waals surface area (Å²) in [5.41, 5.74) is 11.2. The van der Waals surface area contributed by atoms with Crippen LogP contribution in [0.5, 0.6) is 5.75 Å². The van der Waals surface area contributed by atoms with Gasteiger partial charge in [-0.3, -0.25) is 24.6 Å². The highest BCUT2D eigenvalue weighted by Gasteiger charge is 2.32. The van der Waals surface area contributed by atoms with Crippen molar-refractivity contribution in [2.24, 2.45) is 4.99 Å². The van der Waals surface area contributed by atoms with Gasteiger partial charge in [-0.2, -0.15) is 0 Å². The molecule has 55 heavy (non-hydrogen) atoms. The number of nitrogens with zero attached hydrogens (tertiary/aromatic N) is 4. The molecule has 0 fully saturated rings. The van der Waals surface area contributed by atoms with Crippen molar-refractivity contribution in [2.75, 3.05) is 12.0 Å². The summed E-state index contributed by atoms with van der Waals surface area (Å²) in [7, 11) is 0. The van der Waals surface area contributed by atoms with Gasteiger partial charge in [0.1, 0.15) is 34.0 Å². The number of aromatic nitrogens is 3. The van der Waals surface area contributed by atoms with E-state index in [0.29, 0.717) is 50.0 Å². The number of aliphatic imine (C=N–C) groups is 1. The summed E-state index contributed by atoms with van der Waals surface area (Å²) in [5, 5.41) is 34.4. The first-order valence-corrected chi connectivity index (χ1v) is 18.4. The summed E-state index contributed by atoms with van der Waals surface area (Å²) in [6, 6.07) is 20.5. The number of phenols is 1. The fourth-order valence-corrected chi connectivity index (χ4v) is 8.19. The molecule has 5 N–H and O–H groups in total. The van der Waals surface area contributed by atoms with Crippen LogP contribution in [0.15, 0.2) is 93.1 Å². The zero-order valence-electron chi connectivity index (χ0n) is 29.6. The summed E-state index contributed by atoms with van der Waals surface area (Å²) in [5.74, 6) is -0.0705. The van der Waals surface area contributed by atoms with Gasteiger partial charge in [-0.25, -0.2) is 10.2 Å². The molecule has 3 aliphatic rings. The molecule has 2 aromatic heterocycles. The van der Waals surface area contributed by atoms with Crippen LogP contribution in [-0.2, 0) is 4.79 Å². The molecular weight excluding hydrogens is 742 g/mol. The number of anilines is 1. The van der Waals surface area contributed by atoms with Gasteiger partial charge in [-0.05, 0) is 80.4 Å². The molecule has 0 bridgehead atoms. The summed E-state index contributed by atoms with van der Waals surface area (Å²) in [6.45, 7) is 6.06. The summed E-state index contributed by atoms with van der Waals surface area (Å²) in [6.07, 6.45) is -0.0378. The number of hydrogen-bond donors (Lipinski definition) is 5. The number of fused-ring (bicyclic) bond motifs is 5. The van der Waals surface area contributed by atoms with Crippen LogP contribution >= 0.6 is 22.9 Å². The average molecular weight is 774 g/mol. The second-order valence-corrected chi connectivity index (χ2v) is 14.7. The summed E-state index contributed by atoms with van der Waals surface area (Å²) in [4.78, 5) is 44.5. The van der Waals surface area contributed by atoms with Gasteiger partial charge < -0.3 is 19.9 Å². The average Bonchev–Trinajstić information content (AvgIpc) is 3.64. The summed E-state index contributed by atoms with van der Waals surface area (Å²) >= 11 is 7.85. The van der Waals surface area contributed by atoms with Crippen molar-refractivity contribution < 1.29 is 24.2 Å². The summed E-state index contributed by atoms with van der Waals surface area (Å²) < 4.78 is 7.90. The van der Waals surface area contributed by atoms with Crippen molar-refractivity contribution in [3.05, 3.63) is 133 Å². The number of amides is 1. The van der Waals surface area contributed by atoms with Crippen molar-refractivity contribution in [1.29, 1.82) is 0 Å². The predicted octanol–water partition coefficient (Wildman–Crippen LogP) is 7.16. The molecule has 0 saturated carbocycles. The van der Waals surface area contributed by atoms with Crippen LogP contribution in [0.3, 0.4) is 0 Å². The van der Waals surface area contributed by atoms with Gasteiger partial charge in [0.15, 0.2) is 11.3 Å². The maximum absolute atomic E-state index is 13.4. The number of carbonyl (C=O) groups excluding carboxylic acids is 1. The number of rotatable bonds is 9. The molecule has 0 unspecified atom stereocenters. The lowest BCUT2D eigenvalue weighted by atomic mass is 9.90. The Morgan fingerprint density at radius 1 is 0.945 bits per heavy atom. The lowest BCUT2D eigenvalue weighted by Gasteiger charge is -2.18. The minimum atomic E-state index is -1.18. The molecule has 3 aromatic carbocycles. The highest BCUT2D eigenvalue weighted by molar-refractivity contribution is 7.15. The number of aryl methyl sites for hydroxylation is 2. The number of nitrogens with one attached hydrogen (secondary N) is 3. The zero-order chi connectivity index (χ0) is 38.5. The van der Waals surface area contributed by atoms with Crippen LogP contribution in [0.4, 0.5) is 5.69 Å². The third-order valence-electron chi connectivity index (χ3n) is 9.54. The Hall–Kier alpha value is -6.35. The third kappa shape index (κ3) is 6.60. The van der Waals surface area contributed by atoms with Crippen LogP contribution < -0.4 is 21.6 Å². The number of aromatic hydroxyl groups is 1. The Balaban J connectivity index is 1.02. The number of carbonyl (C=O) groups is 2. The minimum absolute atomic E-state index is 0.0109. The maximum Gasteiger partial charge on any atom is 0.336 e. The van der Waals surface area contributed by atoms with Crippen LogP contribution in [-0.4, -0.2) is 49.2 Å². The minimum Gasteiger partial charge on any atom is -0.508 e. The first kappa shape index (κ1) is 35.7. The molecule has 15 heteroatoms. The van der Waals surface area contributed by atoms with E-state index < -0.39 is 12.0 Å². The quantitative estimate of drug-likeness (QED) is 0.0437. The van der Waals surface area contributed by atoms with Gasteiger partial charge in [0.25, 0.3) is 0 Å². The zero-order valence-corrected chi connectivity index (χ0v) is 31.2. The van der Waals surface area contributed by atoms with Crippen LogP contribution in [0.1, 0.15) is 56.0 Å². The van der Waals surface area contributed by atoms with E-state index in [1.165, 1.54) is 30.3 Å². The van der Waals surface area contributed by atoms with Gasteiger partial charge in [0.05, 0.1) is 24.4 Å². The normalized spacial score (nSPS) is 13.6. The van der Waals surface area contributed by atoms with Crippen LogP contribution in [0, 0.1) is 20.8 Å². The number of aromatic carboxylic acids is 1. The number of carboxylic acid groups (broad SMARTS) is 1. The van der Waals surface area contributed by atoms with Crippen molar-refractivity contribution in [2.45, 2.75) is 33.2 Å². The smallest absolute Gasteiger partial charge is 0.336 e. The Labute approximate surface area is 322 Å². The topological polar surface area (TPSA) is 184 Å². The fourth-order valence-electron chi connectivity index (χ4n) is 6.85. The number of carboxylic acids is 1. The molecule has 0 saturated heterocycles. The molecular formula is C40H32ClN7O6S. The largest absolute Gasteiger partial charge is 0.508 e. The lowest BCUT2D eigenvalue weighted by Crippen LogP contribution is -2.40. The highest BCUT2D eigenvalue weighted by atomic mass is 35.5. The van der Waals surface area contributed by atoms with Crippen LogP contribution in [0.25, 0.3) is 38.4 Å². The van der Waals surface area contributed by atoms with E-state index in [0.717, 1.165) is 32.3 Å². The first-order chi connectivity index (χ1) is 26.5. The Morgan fingerprint density at radius 3 is 2.51 bits per heavy atom. The molecule has 1 atom stereocenters. The number of hydrazine groups is 1. The lowest BCUT2D eigenvalue weighted by molar-refractivity contribution is -0.122. The van der Waals surface area contributed by atoms with E-state index in [-0.39, 0.29) is 41.5 Å². The predicted molar refractivity (Wildman–Crippen MR) is 211 cm³/mol. The molecule has 8 rings (SSSR count). The molecule has 276 valence electrons. The second kappa shape index (κ2) is 14.1. The van der Waals surface area contributed by atoms with Gasteiger partial charge in [0, 0.05) is 55.4 Å². The Bertz CT molecular complexity index is 2740. The van der Waals surface area contributed by atoms with Crippen molar-refractivity contribution in [1.82, 2.24) is 25.6 Å². The molecule has 0 radical (unpaired) electrons. The molecule has 1 amide bonds. The molecule has 2 aliphatic heterocycles. The van der Waals surface area contributed by atoms with Crippen LogP contribution in [0.2, 0.25) is 5.02 Å². The van der Waals surface area contributed by atoms with Gasteiger partial charge >= 0.3 is 5.97 Å². The third-order valence-corrected chi connectivity index (χ3v) is 11.0. The monoisotopic (exact) mass is 773 g/mol. The van der Waals surface area contributed by atoms with Gasteiger partial charge in [0.2, 0.25) is 5.91 Å². The van der Waals surface area contributed by atoms with E-state index in [4.69, 9.17) is 21.0 Å². The number of benzene rings is 4. The van der Waals surface area contributed by atoms with Gasteiger partial charge in [-0.1, -0.05) is 29.8 Å². The standard InChI is InChI=1S/C40H32ClN7O6S/c1-19-20(2)55-39-35(19)37(22-4-6-23(41)7-5-22)44-31(38-47-45-21(3)48(38)39)17-34(51)46-43-18-42-24-8-11-27(30(14-24)40(52)53)36-28-12-9-25(49)15-32(28)54-33-16-26(50)10-13-29(33)36/h4-16,31,42-43,49H,17-18H2,1-3H3,(H,46,51)(H,52,53)/t31-/m1/s1. The maximum atomic E-state index is 13.4. The van der Waals surface area contributed by atoms with E-state index in [1.54, 1.807) is 35.6 Å². The molecule has 13 nitrogen and oxygen atoms in total. The molecule has 1 aliphatic carbocycles. The van der Waals surface area contributed by atoms with Crippen molar-refractivity contribution >= 4 is 57.2 Å². The Morgan fingerprint density at radius 2 is 1.73 bits per heavy atom. The highest BCUT2D eigenvalue weighted by Crippen LogP contribution is 2.43.